The summed E-state index contributed by atoms with van der Waals surface area (Å²) < 4.78 is 0. The fraction of sp³-hybridized carbons (Fsp3) is 0.462. The molecule has 0 unspecified atom stereocenters. The number of phenolic OH excluding ortho intramolecular Hbond substituents is 1. The van der Waals surface area contributed by atoms with Crippen LogP contribution in [0.4, 0.5) is 11.4 Å². The number of nitro groups is 1. The van der Waals surface area contributed by atoms with Gasteiger partial charge in [0.2, 0.25) is 5.91 Å². The van der Waals surface area contributed by atoms with Crippen LogP contribution in [-0.2, 0) is 4.79 Å². The Hall–Kier alpha value is -2.15. The molecule has 20 heavy (non-hydrogen) atoms. The number of hydrogen-bond donors (Lipinski definition) is 3. The van der Waals surface area contributed by atoms with Crippen molar-refractivity contribution in [1.29, 1.82) is 0 Å². The quantitative estimate of drug-likeness (QED) is 0.307. The summed E-state index contributed by atoms with van der Waals surface area (Å²) in [4.78, 5) is 21.7. The minimum Gasteiger partial charge on any atom is -0.506 e. The van der Waals surface area contributed by atoms with Gasteiger partial charge in [0.05, 0.1) is 10.6 Å². The van der Waals surface area contributed by atoms with Gasteiger partial charge in [-0.1, -0.05) is 13.8 Å². The molecule has 1 aromatic carbocycles. The van der Waals surface area contributed by atoms with Crippen LogP contribution in [0.15, 0.2) is 18.2 Å². The van der Waals surface area contributed by atoms with Crippen molar-refractivity contribution in [3.63, 3.8) is 0 Å². The molecule has 7 nitrogen and oxygen atoms in total. The maximum atomic E-state index is 11.7. The molecule has 1 rings (SSSR count). The Kier molecular flexibility index (Phi) is 5.92. The van der Waals surface area contributed by atoms with Gasteiger partial charge in [0, 0.05) is 24.6 Å². The molecule has 0 aliphatic rings. The van der Waals surface area contributed by atoms with Crippen molar-refractivity contribution in [2.75, 3.05) is 11.9 Å². The first-order valence-corrected chi connectivity index (χ1v) is 6.41. The number of rotatable bonds is 7. The number of phenols is 1. The summed E-state index contributed by atoms with van der Waals surface area (Å²) >= 11 is 0. The van der Waals surface area contributed by atoms with E-state index >= 15 is 0 Å². The number of hydrogen-bond acceptors (Lipinski definition) is 5. The molecule has 1 amide bonds. The van der Waals surface area contributed by atoms with E-state index < -0.39 is 4.92 Å². The van der Waals surface area contributed by atoms with E-state index in [4.69, 9.17) is 0 Å². The Labute approximate surface area is 117 Å². The van der Waals surface area contributed by atoms with Gasteiger partial charge in [0.25, 0.3) is 5.69 Å². The minimum atomic E-state index is -0.582. The second kappa shape index (κ2) is 7.44. The molecule has 0 radical (unpaired) electrons. The number of benzene rings is 1. The van der Waals surface area contributed by atoms with Gasteiger partial charge >= 0.3 is 0 Å². The van der Waals surface area contributed by atoms with Gasteiger partial charge in [0.1, 0.15) is 5.75 Å². The highest BCUT2D eigenvalue weighted by molar-refractivity contribution is 5.92. The molecule has 0 spiro atoms. The highest BCUT2D eigenvalue weighted by Gasteiger charge is 2.12. The second-order valence-electron chi connectivity index (χ2n) is 4.72. The van der Waals surface area contributed by atoms with E-state index in [9.17, 15) is 20.0 Å². The minimum absolute atomic E-state index is 0.0565. The molecular weight excluding hydrogens is 262 g/mol. The van der Waals surface area contributed by atoms with E-state index in [1.54, 1.807) is 0 Å². The Balaban J connectivity index is 2.53. The highest BCUT2D eigenvalue weighted by atomic mass is 16.6. The zero-order valence-electron chi connectivity index (χ0n) is 11.5. The normalized spacial score (nSPS) is 10.6. The fourth-order valence-electron chi connectivity index (χ4n) is 1.59. The summed E-state index contributed by atoms with van der Waals surface area (Å²) in [6.45, 7) is 4.74. The number of nitrogens with zero attached hydrogens (tertiary/aromatic N) is 1. The first kappa shape index (κ1) is 15.9. The largest absolute Gasteiger partial charge is 0.506 e. The van der Waals surface area contributed by atoms with Gasteiger partial charge in [0.15, 0.2) is 0 Å². The highest BCUT2D eigenvalue weighted by Crippen LogP contribution is 2.27. The number of nitrogens with one attached hydrogen (secondary N) is 2. The van der Waals surface area contributed by atoms with Crippen LogP contribution in [0.1, 0.15) is 26.7 Å². The van der Waals surface area contributed by atoms with Crippen molar-refractivity contribution in [3.05, 3.63) is 28.3 Å². The molecule has 1 aromatic rings. The number of aromatic hydroxyl groups is 1. The van der Waals surface area contributed by atoms with E-state index in [-0.39, 0.29) is 29.5 Å². The second-order valence-corrected chi connectivity index (χ2v) is 4.72. The molecule has 0 heterocycles. The van der Waals surface area contributed by atoms with Crippen molar-refractivity contribution in [2.45, 2.75) is 32.7 Å². The lowest BCUT2D eigenvalue weighted by Gasteiger charge is -2.09. The smallest absolute Gasteiger partial charge is 0.271 e. The van der Waals surface area contributed by atoms with E-state index in [1.807, 2.05) is 13.8 Å². The van der Waals surface area contributed by atoms with Crippen LogP contribution in [0.2, 0.25) is 0 Å². The first-order valence-electron chi connectivity index (χ1n) is 6.41. The van der Waals surface area contributed by atoms with E-state index in [0.717, 1.165) is 6.07 Å². The van der Waals surface area contributed by atoms with Crippen molar-refractivity contribution >= 4 is 17.3 Å². The molecule has 0 aliphatic carbocycles. The lowest BCUT2D eigenvalue weighted by Crippen LogP contribution is -2.24. The molecule has 0 aliphatic heterocycles. The third-order valence-electron chi connectivity index (χ3n) is 2.60. The van der Waals surface area contributed by atoms with Crippen LogP contribution in [0.25, 0.3) is 0 Å². The maximum Gasteiger partial charge on any atom is 0.271 e. The predicted octanol–water partition coefficient (Wildman–Crippen LogP) is 2.02. The van der Waals surface area contributed by atoms with E-state index in [0.29, 0.717) is 19.0 Å². The number of anilines is 1. The Morgan fingerprint density at radius 2 is 2.15 bits per heavy atom. The molecule has 0 aromatic heterocycles. The molecule has 0 saturated carbocycles. The van der Waals surface area contributed by atoms with Crippen LogP contribution in [0, 0.1) is 10.1 Å². The topological polar surface area (TPSA) is 104 Å². The average Bonchev–Trinajstić information content (AvgIpc) is 2.37. The number of non-ortho nitro benzene ring substituents is 1. The lowest BCUT2D eigenvalue weighted by molar-refractivity contribution is -0.384. The summed E-state index contributed by atoms with van der Waals surface area (Å²) in [5.74, 6) is -0.476. The average molecular weight is 281 g/mol. The van der Waals surface area contributed by atoms with Crippen LogP contribution >= 0.6 is 0 Å². The van der Waals surface area contributed by atoms with Gasteiger partial charge < -0.3 is 15.7 Å². The number of carbonyl (C=O) groups is 1. The molecular formula is C13H19N3O4. The summed E-state index contributed by atoms with van der Waals surface area (Å²) in [6.07, 6.45) is 0.932. The monoisotopic (exact) mass is 281 g/mol. The van der Waals surface area contributed by atoms with Crippen molar-refractivity contribution in [1.82, 2.24) is 5.32 Å². The van der Waals surface area contributed by atoms with Crippen LogP contribution in [-0.4, -0.2) is 28.5 Å². The molecule has 0 saturated heterocycles. The molecule has 3 N–H and O–H groups in total. The third kappa shape index (κ3) is 5.23. The standard InChI is InChI=1S/C13H19N3O4/c1-9(2)14-7-3-4-13(18)15-11-8-10(16(19)20)5-6-12(11)17/h5-6,8-9,14,17H,3-4,7H2,1-2H3,(H,15,18). The van der Waals surface area contributed by atoms with Gasteiger partial charge in [-0.3, -0.25) is 14.9 Å². The molecule has 0 bridgehead atoms. The zero-order chi connectivity index (χ0) is 15.1. The van der Waals surface area contributed by atoms with Crippen LogP contribution in [0.3, 0.4) is 0 Å². The lowest BCUT2D eigenvalue weighted by atomic mass is 10.2. The zero-order valence-corrected chi connectivity index (χ0v) is 11.5. The summed E-state index contributed by atoms with van der Waals surface area (Å²) in [5, 5.41) is 25.8. The van der Waals surface area contributed by atoms with Crippen molar-refractivity contribution in [3.8, 4) is 5.75 Å². The van der Waals surface area contributed by atoms with E-state index in [1.165, 1.54) is 12.1 Å². The van der Waals surface area contributed by atoms with Gasteiger partial charge in [-0.25, -0.2) is 0 Å². The van der Waals surface area contributed by atoms with Crippen molar-refractivity contribution < 1.29 is 14.8 Å². The summed E-state index contributed by atoms with van der Waals surface area (Å²) in [7, 11) is 0. The molecule has 110 valence electrons. The molecule has 7 heteroatoms. The summed E-state index contributed by atoms with van der Waals surface area (Å²) in [6, 6.07) is 3.87. The summed E-state index contributed by atoms with van der Waals surface area (Å²) in [5.41, 5.74) is -0.124. The Morgan fingerprint density at radius 1 is 1.45 bits per heavy atom. The van der Waals surface area contributed by atoms with Crippen LogP contribution < -0.4 is 10.6 Å². The van der Waals surface area contributed by atoms with E-state index in [2.05, 4.69) is 10.6 Å². The molecule has 0 fully saturated rings. The first-order chi connectivity index (χ1) is 9.40. The maximum absolute atomic E-state index is 11.7. The number of nitro benzene ring substituents is 1. The number of amides is 1. The predicted molar refractivity (Wildman–Crippen MR) is 75.8 cm³/mol. The number of carbonyl (C=O) groups excluding carboxylic acids is 1. The Morgan fingerprint density at radius 3 is 2.75 bits per heavy atom. The van der Waals surface area contributed by atoms with Crippen LogP contribution in [0.5, 0.6) is 5.75 Å². The third-order valence-corrected chi connectivity index (χ3v) is 2.60. The molecule has 0 atom stereocenters. The SMILES string of the molecule is CC(C)NCCCC(=O)Nc1cc([N+](=O)[O-])ccc1O. The van der Waals surface area contributed by atoms with Crippen molar-refractivity contribution in [2.24, 2.45) is 0 Å². The Bertz CT molecular complexity index is 489. The van der Waals surface area contributed by atoms with Gasteiger partial charge in [-0.05, 0) is 19.0 Å². The van der Waals surface area contributed by atoms with Gasteiger partial charge in [-0.15, -0.1) is 0 Å². The fourth-order valence-corrected chi connectivity index (χ4v) is 1.59. The van der Waals surface area contributed by atoms with Gasteiger partial charge in [-0.2, -0.15) is 0 Å².